The van der Waals surface area contributed by atoms with E-state index < -0.39 is 6.03 Å². The second-order valence-electron chi connectivity index (χ2n) is 7.54. The van der Waals surface area contributed by atoms with Crippen LogP contribution in [0, 0.1) is 18.3 Å². The van der Waals surface area contributed by atoms with Crippen molar-refractivity contribution in [3.8, 4) is 11.8 Å². The number of nitriles is 1. The Hall–Kier alpha value is -3.51. The predicted molar refractivity (Wildman–Crippen MR) is 139 cm³/mol. The van der Waals surface area contributed by atoms with E-state index in [0.29, 0.717) is 43.7 Å². The average Bonchev–Trinajstić information content (AvgIpc) is 3.25. The van der Waals surface area contributed by atoms with Crippen molar-refractivity contribution >= 4 is 46.7 Å². The molecule has 1 aromatic heterocycles. The van der Waals surface area contributed by atoms with Crippen LogP contribution in [-0.2, 0) is 12.3 Å². The molecule has 0 aliphatic carbocycles. The number of aromatic nitrogens is 3. The molecule has 176 valence electrons. The topological polar surface area (TPSA) is 95.6 Å². The third kappa shape index (κ3) is 6.14. The summed E-state index contributed by atoms with van der Waals surface area (Å²) in [5, 5.41) is 24.7. The van der Waals surface area contributed by atoms with Gasteiger partial charge in [-0.25, -0.2) is 4.79 Å². The van der Waals surface area contributed by atoms with Crippen molar-refractivity contribution < 1.29 is 4.79 Å². The molecule has 0 aliphatic heterocycles. The largest absolute Gasteiger partial charge is 0.331 e. The molecule has 0 unspecified atom stereocenters. The number of thioether (sulfide) groups is 1. The Balaban J connectivity index is 1.54. The molecule has 0 atom stereocenters. The van der Waals surface area contributed by atoms with E-state index >= 15 is 0 Å². The summed E-state index contributed by atoms with van der Waals surface area (Å²) < 4.78 is 1.82. The van der Waals surface area contributed by atoms with E-state index in [-0.39, 0.29) is 6.54 Å². The lowest BCUT2D eigenvalue weighted by molar-refractivity contribution is 0.251. The highest BCUT2D eigenvalue weighted by Gasteiger charge is 2.18. The SMILES string of the molecule is Cc1ccccc1CSc1nnc(CNC(=O)Nc2ccc(C#N)cc2)n1-c1ccc(Cl)cc1Cl. The predicted octanol–water partition coefficient (Wildman–Crippen LogP) is 6.37. The smallest absolute Gasteiger partial charge is 0.319 e. The third-order valence-electron chi connectivity index (χ3n) is 5.15. The van der Waals surface area contributed by atoms with Gasteiger partial charge in [0.05, 0.1) is 28.9 Å². The average molecular weight is 523 g/mol. The zero-order valence-electron chi connectivity index (χ0n) is 18.6. The summed E-state index contributed by atoms with van der Waals surface area (Å²) in [6.45, 7) is 2.18. The minimum Gasteiger partial charge on any atom is -0.331 e. The molecule has 3 aromatic carbocycles. The van der Waals surface area contributed by atoms with Crippen LogP contribution < -0.4 is 10.6 Å². The number of benzene rings is 3. The Morgan fingerprint density at radius 3 is 2.57 bits per heavy atom. The summed E-state index contributed by atoms with van der Waals surface area (Å²) in [5.74, 6) is 1.21. The van der Waals surface area contributed by atoms with Crippen molar-refractivity contribution in [3.63, 3.8) is 0 Å². The van der Waals surface area contributed by atoms with Crippen molar-refractivity contribution in [1.82, 2.24) is 20.1 Å². The van der Waals surface area contributed by atoms with E-state index in [2.05, 4.69) is 39.9 Å². The molecule has 4 aromatic rings. The fraction of sp³-hybridized carbons (Fsp3) is 0.120. The van der Waals surface area contributed by atoms with Gasteiger partial charge in [0.2, 0.25) is 0 Å². The summed E-state index contributed by atoms with van der Waals surface area (Å²) in [7, 11) is 0. The number of urea groups is 1. The van der Waals surface area contributed by atoms with Crippen molar-refractivity contribution in [1.29, 1.82) is 5.26 Å². The monoisotopic (exact) mass is 522 g/mol. The molecular formula is C25H20Cl2N6OS. The lowest BCUT2D eigenvalue weighted by Crippen LogP contribution is -2.29. The van der Waals surface area contributed by atoms with Gasteiger partial charge >= 0.3 is 6.03 Å². The van der Waals surface area contributed by atoms with E-state index in [0.717, 1.165) is 0 Å². The minimum atomic E-state index is -0.416. The molecule has 0 fully saturated rings. The van der Waals surface area contributed by atoms with Crippen LogP contribution in [0.25, 0.3) is 5.69 Å². The van der Waals surface area contributed by atoms with Gasteiger partial charge in [0.15, 0.2) is 11.0 Å². The van der Waals surface area contributed by atoms with Gasteiger partial charge in [-0.3, -0.25) is 4.57 Å². The number of halogens is 2. The summed E-state index contributed by atoms with van der Waals surface area (Å²) in [4.78, 5) is 12.5. The van der Waals surface area contributed by atoms with E-state index in [4.69, 9.17) is 28.5 Å². The zero-order chi connectivity index (χ0) is 24.8. The van der Waals surface area contributed by atoms with Gasteiger partial charge in [0.1, 0.15) is 0 Å². The third-order valence-corrected chi connectivity index (χ3v) is 6.66. The van der Waals surface area contributed by atoms with Crippen molar-refractivity contribution in [3.05, 3.63) is 99.3 Å². The first-order valence-corrected chi connectivity index (χ1v) is 12.3. The number of aryl methyl sites for hydroxylation is 1. The van der Waals surface area contributed by atoms with Gasteiger partial charge < -0.3 is 10.6 Å². The molecule has 4 rings (SSSR count). The Morgan fingerprint density at radius 1 is 1.09 bits per heavy atom. The number of nitrogens with zero attached hydrogens (tertiary/aromatic N) is 4. The van der Waals surface area contributed by atoms with E-state index in [1.54, 1.807) is 42.5 Å². The summed E-state index contributed by atoms with van der Waals surface area (Å²) in [6, 6.07) is 21.6. The van der Waals surface area contributed by atoms with Crippen molar-refractivity contribution in [2.45, 2.75) is 24.4 Å². The zero-order valence-corrected chi connectivity index (χ0v) is 21.0. The molecule has 0 aliphatic rings. The molecule has 10 heteroatoms. The number of hydrogen-bond acceptors (Lipinski definition) is 5. The number of amides is 2. The molecule has 1 heterocycles. The molecule has 0 bridgehead atoms. The molecular weight excluding hydrogens is 503 g/mol. The molecule has 2 N–H and O–H groups in total. The van der Waals surface area contributed by atoms with Gasteiger partial charge in [0.25, 0.3) is 0 Å². The molecule has 0 saturated heterocycles. The molecule has 35 heavy (non-hydrogen) atoms. The maximum Gasteiger partial charge on any atom is 0.319 e. The number of carbonyl (C=O) groups excluding carboxylic acids is 1. The Kier molecular flexibility index (Phi) is 7.93. The molecule has 0 saturated carbocycles. The lowest BCUT2D eigenvalue weighted by atomic mass is 10.1. The highest BCUT2D eigenvalue weighted by molar-refractivity contribution is 7.98. The van der Waals surface area contributed by atoms with E-state index in [9.17, 15) is 4.79 Å². The Bertz CT molecular complexity index is 1400. The fourth-order valence-electron chi connectivity index (χ4n) is 3.29. The van der Waals surface area contributed by atoms with Crippen LogP contribution in [0.2, 0.25) is 10.0 Å². The van der Waals surface area contributed by atoms with Crippen LogP contribution in [0.4, 0.5) is 10.5 Å². The fourth-order valence-corrected chi connectivity index (χ4v) is 4.82. The van der Waals surface area contributed by atoms with Gasteiger partial charge in [-0.2, -0.15) is 5.26 Å². The maximum absolute atomic E-state index is 12.5. The van der Waals surface area contributed by atoms with Crippen LogP contribution in [0.1, 0.15) is 22.5 Å². The van der Waals surface area contributed by atoms with Gasteiger partial charge in [-0.15, -0.1) is 10.2 Å². The molecule has 2 amide bonds. The molecule has 7 nitrogen and oxygen atoms in total. The van der Waals surface area contributed by atoms with Crippen LogP contribution in [0.3, 0.4) is 0 Å². The van der Waals surface area contributed by atoms with Crippen molar-refractivity contribution in [2.24, 2.45) is 0 Å². The second kappa shape index (κ2) is 11.3. The van der Waals surface area contributed by atoms with E-state index in [1.807, 2.05) is 22.8 Å². The van der Waals surface area contributed by atoms with Crippen LogP contribution in [0.5, 0.6) is 0 Å². The standard InChI is InChI=1S/C25H20Cl2N6OS/c1-16-4-2-3-5-18(16)15-35-25-32-31-23(33(25)22-11-8-19(26)12-21(22)27)14-29-24(34)30-20-9-6-17(13-28)7-10-20/h2-12H,14-15H2,1H3,(H2,29,30,34). The van der Waals surface area contributed by atoms with Gasteiger partial charge in [-0.05, 0) is 60.5 Å². The van der Waals surface area contributed by atoms with Crippen LogP contribution >= 0.6 is 35.0 Å². The summed E-state index contributed by atoms with van der Waals surface area (Å²) in [5.41, 5.74) is 4.13. The number of hydrogen-bond donors (Lipinski definition) is 2. The maximum atomic E-state index is 12.5. The summed E-state index contributed by atoms with van der Waals surface area (Å²) in [6.07, 6.45) is 0. The first-order chi connectivity index (χ1) is 16.9. The first-order valence-electron chi connectivity index (χ1n) is 10.6. The Labute approximate surface area is 217 Å². The number of anilines is 1. The highest BCUT2D eigenvalue weighted by atomic mass is 35.5. The second-order valence-corrected chi connectivity index (χ2v) is 9.33. The minimum absolute atomic E-state index is 0.110. The first kappa shape index (κ1) is 24.6. The van der Waals surface area contributed by atoms with Crippen LogP contribution in [0.15, 0.2) is 71.9 Å². The van der Waals surface area contributed by atoms with Crippen molar-refractivity contribution in [2.75, 3.05) is 5.32 Å². The van der Waals surface area contributed by atoms with E-state index in [1.165, 1.54) is 22.9 Å². The van der Waals surface area contributed by atoms with Gasteiger partial charge in [-0.1, -0.05) is 59.2 Å². The molecule has 0 radical (unpaired) electrons. The van der Waals surface area contributed by atoms with Gasteiger partial charge in [0, 0.05) is 16.5 Å². The number of nitrogens with one attached hydrogen (secondary N) is 2. The van der Waals surface area contributed by atoms with Crippen LogP contribution in [-0.4, -0.2) is 20.8 Å². The number of carbonyl (C=O) groups is 1. The summed E-state index contributed by atoms with van der Waals surface area (Å²) >= 11 is 14.1. The Morgan fingerprint density at radius 2 is 1.86 bits per heavy atom. The normalized spacial score (nSPS) is 10.6. The quantitative estimate of drug-likeness (QED) is 0.275. The molecule has 0 spiro atoms. The highest BCUT2D eigenvalue weighted by Crippen LogP contribution is 2.31. The lowest BCUT2D eigenvalue weighted by Gasteiger charge is -2.13. The number of rotatable bonds is 7.